The number of nitrogens with one attached hydrogen (secondary N) is 1. The standard InChI is InChI=1S/C24H31N3O2/c28-23(18-26-14-12-20-9-4-5-10-21(20)16-26)15-25-24(29)27-13-6-11-22(17-27)19-7-2-1-3-8-19/h1-5,7-10,22-23,28H,6,11-18H2,(H,25,29)/t22?,23-/m1/s1. The number of rotatable bonds is 5. The SMILES string of the molecule is O=C(NC[C@@H](O)CN1CCc2ccccc2C1)N1CCCC(c2ccccc2)C1. The van der Waals surface area contributed by atoms with Gasteiger partial charge in [0.15, 0.2) is 0 Å². The minimum atomic E-state index is -0.557. The van der Waals surface area contributed by atoms with Gasteiger partial charge in [-0.2, -0.15) is 0 Å². The molecule has 5 nitrogen and oxygen atoms in total. The number of β-amino-alcohol motifs (C(OH)–C–C–N with tert-alkyl or cyclic N) is 1. The van der Waals surface area contributed by atoms with Crippen LogP contribution in [-0.4, -0.2) is 59.8 Å². The molecular weight excluding hydrogens is 362 g/mol. The van der Waals surface area contributed by atoms with Crippen LogP contribution in [-0.2, 0) is 13.0 Å². The maximum atomic E-state index is 12.6. The van der Waals surface area contributed by atoms with Crippen LogP contribution in [0.25, 0.3) is 0 Å². The highest BCUT2D eigenvalue weighted by Crippen LogP contribution is 2.26. The first-order valence-electron chi connectivity index (χ1n) is 10.7. The summed E-state index contributed by atoms with van der Waals surface area (Å²) in [5.74, 6) is 0.397. The van der Waals surface area contributed by atoms with Crippen molar-refractivity contribution < 1.29 is 9.90 Å². The molecule has 2 N–H and O–H groups in total. The van der Waals surface area contributed by atoms with E-state index in [1.807, 2.05) is 11.0 Å². The van der Waals surface area contributed by atoms with Gasteiger partial charge in [0.2, 0.25) is 0 Å². The Morgan fingerprint density at radius 3 is 2.66 bits per heavy atom. The first-order chi connectivity index (χ1) is 14.2. The summed E-state index contributed by atoms with van der Waals surface area (Å²) in [6, 6.07) is 18.9. The van der Waals surface area contributed by atoms with Crippen molar-refractivity contribution in [2.45, 2.75) is 37.8 Å². The van der Waals surface area contributed by atoms with Crippen molar-refractivity contribution in [1.82, 2.24) is 15.1 Å². The Morgan fingerprint density at radius 2 is 1.83 bits per heavy atom. The smallest absolute Gasteiger partial charge is 0.317 e. The van der Waals surface area contributed by atoms with Gasteiger partial charge in [-0.3, -0.25) is 4.90 Å². The Morgan fingerprint density at radius 1 is 1.07 bits per heavy atom. The lowest BCUT2D eigenvalue weighted by Gasteiger charge is -2.34. The minimum Gasteiger partial charge on any atom is -0.390 e. The van der Waals surface area contributed by atoms with Crippen molar-refractivity contribution in [3.8, 4) is 0 Å². The third-order valence-corrected chi connectivity index (χ3v) is 6.15. The molecule has 0 aliphatic carbocycles. The van der Waals surface area contributed by atoms with Crippen LogP contribution in [0.15, 0.2) is 54.6 Å². The van der Waals surface area contributed by atoms with Gasteiger partial charge in [0.05, 0.1) is 6.10 Å². The molecule has 2 heterocycles. The van der Waals surface area contributed by atoms with Crippen molar-refractivity contribution >= 4 is 6.03 Å². The Bertz CT molecular complexity index is 811. The number of aliphatic hydroxyl groups is 1. The average Bonchev–Trinajstić information content (AvgIpc) is 2.78. The lowest BCUT2D eigenvalue weighted by Crippen LogP contribution is -2.48. The van der Waals surface area contributed by atoms with Gasteiger partial charge in [-0.15, -0.1) is 0 Å². The molecule has 0 saturated carbocycles. The number of hydrogen-bond donors (Lipinski definition) is 2. The van der Waals surface area contributed by atoms with Gasteiger partial charge >= 0.3 is 6.03 Å². The van der Waals surface area contributed by atoms with E-state index in [-0.39, 0.29) is 6.03 Å². The molecular formula is C24H31N3O2. The largest absolute Gasteiger partial charge is 0.390 e. The summed E-state index contributed by atoms with van der Waals surface area (Å²) >= 11 is 0. The van der Waals surface area contributed by atoms with Crippen molar-refractivity contribution in [2.75, 3.05) is 32.7 Å². The fraction of sp³-hybridized carbons (Fsp3) is 0.458. The second-order valence-electron chi connectivity index (χ2n) is 8.29. The van der Waals surface area contributed by atoms with E-state index in [1.54, 1.807) is 0 Å². The monoisotopic (exact) mass is 393 g/mol. The summed E-state index contributed by atoms with van der Waals surface area (Å²) in [5.41, 5.74) is 4.05. The van der Waals surface area contributed by atoms with Crippen LogP contribution in [0.3, 0.4) is 0 Å². The number of nitrogens with zero attached hydrogens (tertiary/aromatic N) is 2. The van der Waals surface area contributed by atoms with Crippen LogP contribution in [0, 0.1) is 0 Å². The third-order valence-electron chi connectivity index (χ3n) is 6.15. The molecule has 154 valence electrons. The molecule has 29 heavy (non-hydrogen) atoms. The van der Waals surface area contributed by atoms with E-state index in [0.717, 1.165) is 45.4 Å². The molecule has 1 fully saturated rings. The number of aliphatic hydroxyl groups excluding tert-OH is 1. The summed E-state index contributed by atoms with van der Waals surface area (Å²) in [7, 11) is 0. The minimum absolute atomic E-state index is 0.0614. The number of carbonyl (C=O) groups is 1. The highest BCUT2D eigenvalue weighted by Gasteiger charge is 2.25. The summed E-state index contributed by atoms with van der Waals surface area (Å²) in [6.45, 7) is 4.23. The highest BCUT2D eigenvalue weighted by molar-refractivity contribution is 5.74. The maximum absolute atomic E-state index is 12.6. The number of carbonyl (C=O) groups excluding carboxylic acids is 1. The normalized spacial score (nSPS) is 20.7. The van der Waals surface area contributed by atoms with Crippen molar-refractivity contribution in [3.05, 3.63) is 71.3 Å². The maximum Gasteiger partial charge on any atom is 0.317 e. The number of fused-ring (bicyclic) bond motifs is 1. The van der Waals surface area contributed by atoms with Gasteiger partial charge in [0.1, 0.15) is 0 Å². The van der Waals surface area contributed by atoms with Gasteiger partial charge < -0.3 is 15.3 Å². The van der Waals surface area contributed by atoms with E-state index < -0.39 is 6.10 Å². The molecule has 2 aliphatic rings. The molecule has 4 rings (SSSR count). The topological polar surface area (TPSA) is 55.8 Å². The fourth-order valence-electron chi connectivity index (χ4n) is 4.55. The van der Waals surface area contributed by atoms with Crippen LogP contribution in [0.4, 0.5) is 4.79 Å². The van der Waals surface area contributed by atoms with E-state index in [4.69, 9.17) is 0 Å². The first-order valence-corrected chi connectivity index (χ1v) is 10.7. The van der Waals surface area contributed by atoms with Gasteiger partial charge in [0.25, 0.3) is 0 Å². The molecule has 0 aromatic heterocycles. The lowest BCUT2D eigenvalue weighted by molar-refractivity contribution is 0.102. The highest BCUT2D eigenvalue weighted by atomic mass is 16.3. The average molecular weight is 394 g/mol. The molecule has 5 heteroatoms. The fourth-order valence-corrected chi connectivity index (χ4v) is 4.55. The zero-order valence-corrected chi connectivity index (χ0v) is 17.0. The van der Waals surface area contributed by atoms with E-state index in [0.29, 0.717) is 19.0 Å². The second kappa shape index (κ2) is 9.42. The van der Waals surface area contributed by atoms with Crippen LogP contribution >= 0.6 is 0 Å². The summed E-state index contributed by atoms with van der Waals surface area (Å²) in [4.78, 5) is 16.8. The number of hydrogen-bond acceptors (Lipinski definition) is 3. The summed E-state index contributed by atoms with van der Waals surface area (Å²) < 4.78 is 0. The quantitative estimate of drug-likeness (QED) is 0.821. The third kappa shape index (κ3) is 5.17. The lowest BCUT2D eigenvalue weighted by atomic mass is 9.91. The Balaban J connectivity index is 1.23. The van der Waals surface area contributed by atoms with Gasteiger partial charge in [0, 0.05) is 45.2 Å². The van der Waals surface area contributed by atoms with Crippen molar-refractivity contribution in [1.29, 1.82) is 0 Å². The van der Waals surface area contributed by atoms with Gasteiger partial charge in [-0.05, 0) is 36.0 Å². The molecule has 0 spiro atoms. The predicted octanol–water partition coefficient (Wildman–Crippen LogP) is 2.99. The number of urea groups is 1. The van der Waals surface area contributed by atoms with Crippen molar-refractivity contribution in [2.24, 2.45) is 0 Å². The van der Waals surface area contributed by atoms with E-state index in [9.17, 15) is 9.90 Å². The summed E-state index contributed by atoms with van der Waals surface area (Å²) in [6.07, 6.45) is 2.60. The molecule has 1 unspecified atom stereocenters. The second-order valence-corrected chi connectivity index (χ2v) is 8.29. The molecule has 2 aromatic carbocycles. The predicted molar refractivity (Wildman–Crippen MR) is 115 cm³/mol. The Hall–Kier alpha value is -2.37. The van der Waals surface area contributed by atoms with Gasteiger partial charge in [-0.25, -0.2) is 4.79 Å². The number of likely N-dealkylation sites (tertiary alicyclic amines) is 1. The van der Waals surface area contributed by atoms with Crippen LogP contribution < -0.4 is 5.32 Å². The van der Waals surface area contributed by atoms with E-state index >= 15 is 0 Å². The number of benzene rings is 2. The van der Waals surface area contributed by atoms with E-state index in [1.165, 1.54) is 16.7 Å². The van der Waals surface area contributed by atoms with E-state index in [2.05, 4.69) is 58.7 Å². The number of piperidine rings is 1. The number of amides is 2. The first kappa shape index (κ1) is 19.9. The Kier molecular flexibility index (Phi) is 6.47. The molecule has 2 aliphatic heterocycles. The molecule has 2 atom stereocenters. The Labute approximate surface area is 173 Å². The molecule has 2 amide bonds. The molecule has 0 radical (unpaired) electrons. The molecule has 2 aromatic rings. The zero-order chi connectivity index (χ0) is 20.1. The van der Waals surface area contributed by atoms with Crippen molar-refractivity contribution in [3.63, 3.8) is 0 Å². The van der Waals surface area contributed by atoms with Crippen LogP contribution in [0.2, 0.25) is 0 Å². The molecule has 0 bridgehead atoms. The van der Waals surface area contributed by atoms with Crippen LogP contribution in [0.1, 0.15) is 35.4 Å². The molecule has 1 saturated heterocycles. The van der Waals surface area contributed by atoms with Gasteiger partial charge in [-0.1, -0.05) is 54.6 Å². The zero-order valence-electron chi connectivity index (χ0n) is 17.0. The summed E-state index contributed by atoms with van der Waals surface area (Å²) in [5, 5.41) is 13.4. The van der Waals surface area contributed by atoms with Crippen LogP contribution in [0.5, 0.6) is 0 Å².